The van der Waals surface area contributed by atoms with Crippen molar-refractivity contribution in [1.82, 2.24) is 14.6 Å². The third-order valence-corrected chi connectivity index (χ3v) is 4.90. The van der Waals surface area contributed by atoms with Crippen LogP contribution in [0.25, 0.3) is 0 Å². The molecule has 0 bridgehead atoms. The van der Waals surface area contributed by atoms with E-state index in [1.54, 1.807) is 0 Å². The molecule has 0 saturated carbocycles. The number of hydrogen-bond acceptors (Lipinski definition) is 5. The fourth-order valence-electron chi connectivity index (χ4n) is 2.02. The number of halogens is 2. The summed E-state index contributed by atoms with van der Waals surface area (Å²) in [5.41, 5.74) is 5.62. The second kappa shape index (κ2) is 11.6. The van der Waals surface area contributed by atoms with Crippen molar-refractivity contribution in [2.45, 2.75) is 31.2 Å². The molecule has 24 heavy (non-hydrogen) atoms. The summed E-state index contributed by atoms with van der Waals surface area (Å²) in [5.74, 6) is 0.0248. The van der Waals surface area contributed by atoms with Crippen LogP contribution in [0.4, 0.5) is 0 Å². The number of carbonyl (C=O) groups excluding carboxylic acids is 1. The van der Waals surface area contributed by atoms with Gasteiger partial charge in [-0.2, -0.15) is 4.31 Å². The Morgan fingerprint density at radius 3 is 2.46 bits per heavy atom. The second-order valence-electron chi connectivity index (χ2n) is 5.58. The standard InChI is InChI=1S/C14H24N4O3S.2ClH/c1-11(2)7-12(8-15)17-14(19)10-18(3)22(20,21)13-5-4-6-16-9-13;;/h4-6,9,11-12H,7-8,10,15H2,1-3H3,(H,17,19);2*1H. The van der Waals surface area contributed by atoms with Gasteiger partial charge >= 0.3 is 0 Å². The third-order valence-electron chi connectivity index (χ3n) is 3.11. The lowest BCUT2D eigenvalue weighted by Gasteiger charge is -2.21. The molecular formula is C14H26Cl2N4O3S. The lowest BCUT2D eigenvalue weighted by molar-refractivity contribution is -0.121. The lowest BCUT2D eigenvalue weighted by atomic mass is 10.0. The van der Waals surface area contributed by atoms with Crippen molar-refractivity contribution in [3.05, 3.63) is 24.5 Å². The summed E-state index contributed by atoms with van der Waals surface area (Å²) in [6, 6.07) is 2.83. The molecule has 0 aliphatic rings. The van der Waals surface area contributed by atoms with E-state index in [-0.39, 0.29) is 48.2 Å². The number of likely N-dealkylation sites (N-methyl/N-ethyl adjacent to an activating group) is 1. The maximum absolute atomic E-state index is 12.3. The average Bonchev–Trinajstić information content (AvgIpc) is 2.46. The zero-order chi connectivity index (χ0) is 16.8. The van der Waals surface area contributed by atoms with Gasteiger partial charge < -0.3 is 11.1 Å². The highest BCUT2D eigenvalue weighted by Gasteiger charge is 2.24. The molecule has 1 heterocycles. The Balaban J connectivity index is 0. The number of pyridine rings is 1. The van der Waals surface area contributed by atoms with E-state index >= 15 is 0 Å². The van der Waals surface area contributed by atoms with Crippen molar-refractivity contribution in [3.8, 4) is 0 Å². The van der Waals surface area contributed by atoms with Gasteiger partial charge in [0, 0.05) is 32.0 Å². The van der Waals surface area contributed by atoms with Gasteiger partial charge in [-0.1, -0.05) is 13.8 Å². The van der Waals surface area contributed by atoms with Crippen molar-refractivity contribution >= 4 is 40.7 Å². The first-order valence-corrected chi connectivity index (χ1v) is 8.57. The first-order chi connectivity index (χ1) is 10.3. The van der Waals surface area contributed by atoms with Gasteiger partial charge in [-0.05, 0) is 24.5 Å². The average molecular weight is 401 g/mol. The molecule has 0 radical (unpaired) electrons. The molecule has 10 heteroatoms. The highest BCUT2D eigenvalue weighted by atomic mass is 35.5. The minimum atomic E-state index is -3.72. The second-order valence-corrected chi connectivity index (χ2v) is 7.62. The summed E-state index contributed by atoms with van der Waals surface area (Å²) in [5, 5.41) is 2.77. The number of rotatable bonds is 8. The maximum atomic E-state index is 12.3. The molecule has 1 amide bonds. The molecule has 0 aliphatic carbocycles. The Labute approximate surface area is 156 Å². The van der Waals surface area contributed by atoms with E-state index in [1.165, 1.54) is 31.6 Å². The summed E-state index contributed by atoms with van der Waals surface area (Å²) in [6.07, 6.45) is 3.50. The molecule has 1 aromatic heterocycles. The molecule has 3 N–H and O–H groups in total. The van der Waals surface area contributed by atoms with Crippen molar-refractivity contribution in [2.24, 2.45) is 11.7 Å². The van der Waals surface area contributed by atoms with Crippen LogP contribution in [0.15, 0.2) is 29.4 Å². The maximum Gasteiger partial charge on any atom is 0.244 e. The number of carbonyl (C=O) groups is 1. The number of aromatic nitrogens is 1. The van der Waals surface area contributed by atoms with Gasteiger partial charge in [0.15, 0.2) is 0 Å². The highest BCUT2D eigenvalue weighted by Crippen LogP contribution is 2.12. The first kappa shape index (κ1) is 25.3. The Hall–Kier alpha value is -0.930. The van der Waals surface area contributed by atoms with Crippen LogP contribution in [0.3, 0.4) is 0 Å². The van der Waals surface area contributed by atoms with Gasteiger partial charge in [0.05, 0.1) is 6.54 Å². The molecule has 7 nitrogen and oxygen atoms in total. The summed E-state index contributed by atoms with van der Waals surface area (Å²) in [6.45, 7) is 4.14. The van der Waals surface area contributed by atoms with Crippen LogP contribution in [0, 0.1) is 5.92 Å². The minimum Gasteiger partial charge on any atom is -0.351 e. The summed E-state index contributed by atoms with van der Waals surface area (Å²) < 4.78 is 25.6. The fourth-order valence-corrected chi connectivity index (χ4v) is 3.11. The summed E-state index contributed by atoms with van der Waals surface area (Å²) in [4.78, 5) is 15.8. The Morgan fingerprint density at radius 1 is 1.38 bits per heavy atom. The number of nitrogens with two attached hydrogens (primary N) is 1. The van der Waals surface area contributed by atoms with Crippen molar-refractivity contribution in [2.75, 3.05) is 20.1 Å². The van der Waals surface area contributed by atoms with Crippen LogP contribution in [0.2, 0.25) is 0 Å². The van der Waals surface area contributed by atoms with Crippen molar-refractivity contribution in [3.63, 3.8) is 0 Å². The zero-order valence-corrected chi connectivity index (χ0v) is 16.5. The number of nitrogens with one attached hydrogen (secondary N) is 1. The van der Waals surface area contributed by atoms with Gasteiger partial charge in [0.1, 0.15) is 4.90 Å². The fraction of sp³-hybridized carbons (Fsp3) is 0.571. The molecular weight excluding hydrogens is 375 g/mol. The van der Waals surface area contributed by atoms with E-state index < -0.39 is 10.0 Å². The highest BCUT2D eigenvalue weighted by molar-refractivity contribution is 7.89. The first-order valence-electron chi connectivity index (χ1n) is 7.13. The lowest BCUT2D eigenvalue weighted by Crippen LogP contribution is -2.46. The largest absolute Gasteiger partial charge is 0.351 e. The molecule has 140 valence electrons. The van der Waals surface area contributed by atoms with Crippen LogP contribution in [0.5, 0.6) is 0 Å². The van der Waals surface area contributed by atoms with E-state index in [0.29, 0.717) is 12.5 Å². The number of hydrogen-bond donors (Lipinski definition) is 2. The van der Waals surface area contributed by atoms with Crippen LogP contribution >= 0.6 is 24.8 Å². The van der Waals surface area contributed by atoms with Gasteiger partial charge in [-0.25, -0.2) is 8.42 Å². The van der Waals surface area contributed by atoms with Gasteiger partial charge in [0.25, 0.3) is 0 Å². The quantitative estimate of drug-likeness (QED) is 0.677. The molecule has 0 saturated heterocycles. The monoisotopic (exact) mass is 400 g/mol. The zero-order valence-electron chi connectivity index (χ0n) is 14.0. The van der Waals surface area contributed by atoms with E-state index in [4.69, 9.17) is 5.73 Å². The van der Waals surface area contributed by atoms with E-state index in [1.807, 2.05) is 13.8 Å². The molecule has 1 unspecified atom stereocenters. The summed E-state index contributed by atoms with van der Waals surface area (Å²) >= 11 is 0. The molecule has 0 spiro atoms. The Bertz CT molecular complexity index is 585. The van der Waals surface area contributed by atoms with Crippen molar-refractivity contribution in [1.29, 1.82) is 0 Å². The van der Waals surface area contributed by atoms with Gasteiger partial charge in [-0.3, -0.25) is 9.78 Å². The minimum absolute atomic E-state index is 0. The third kappa shape index (κ3) is 7.76. The van der Waals surface area contributed by atoms with E-state index in [9.17, 15) is 13.2 Å². The van der Waals surface area contributed by atoms with Crippen molar-refractivity contribution < 1.29 is 13.2 Å². The predicted octanol–water partition coefficient (Wildman–Crippen LogP) is 1.04. The molecule has 0 aliphatic heterocycles. The van der Waals surface area contributed by atoms with Gasteiger partial charge in [0.2, 0.25) is 15.9 Å². The SMILES string of the molecule is CC(C)CC(CN)NC(=O)CN(C)S(=O)(=O)c1cccnc1.Cl.Cl. The van der Waals surface area contributed by atoms with Gasteiger partial charge in [-0.15, -0.1) is 24.8 Å². The molecule has 0 fully saturated rings. The smallest absolute Gasteiger partial charge is 0.244 e. The molecule has 1 aromatic rings. The Morgan fingerprint density at radius 2 is 2.00 bits per heavy atom. The number of nitrogens with zero attached hydrogens (tertiary/aromatic N) is 2. The van der Waals surface area contributed by atoms with Crippen LogP contribution < -0.4 is 11.1 Å². The predicted molar refractivity (Wildman–Crippen MR) is 99.0 cm³/mol. The van der Waals surface area contributed by atoms with E-state index in [2.05, 4.69) is 10.3 Å². The molecule has 1 rings (SSSR count). The van der Waals surface area contributed by atoms with Crippen LogP contribution in [-0.2, 0) is 14.8 Å². The summed E-state index contributed by atoms with van der Waals surface area (Å²) in [7, 11) is -2.36. The normalized spacial score (nSPS) is 12.2. The van der Waals surface area contributed by atoms with Crippen LogP contribution in [0.1, 0.15) is 20.3 Å². The Kier molecular flexibility index (Phi) is 12.2. The van der Waals surface area contributed by atoms with Crippen LogP contribution in [-0.4, -0.2) is 49.8 Å². The molecule has 1 atom stereocenters. The number of amides is 1. The molecule has 0 aromatic carbocycles. The topological polar surface area (TPSA) is 105 Å². The van der Waals surface area contributed by atoms with E-state index in [0.717, 1.165) is 10.7 Å². The number of sulfonamides is 1.